The minimum atomic E-state index is -4.09. The summed E-state index contributed by atoms with van der Waals surface area (Å²) in [6.45, 7) is 5.38. The number of nitrogens with one attached hydrogen (secondary N) is 2. The summed E-state index contributed by atoms with van der Waals surface area (Å²) in [7, 11) is -4.09. The normalized spacial score (nSPS) is 18.2. The number of aryl methyl sites for hydroxylation is 1. The number of rotatable bonds is 6. The molecule has 1 saturated heterocycles. The van der Waals surface area contributed by atoms with Crippen LogP contribution in [0.4, 0.5) is 5.69 Å². The second-order valence-electron chi connectivity index (χ2n) is 8.43. The van der Waals surface area contributed by atoms with Crippen molar-refractivity contribution >= 4 is 39.3 Å². The number of sulfonamides is 1. The highest BCUT2D eigenvalue weighted by atomic mass is 32.2. The van der Waals surface area contributed by atoms with Crippen LogP contribution in [0, 0.1) is 6.92 Å². The van der Waals surface area contributed by atoms with Crippen molar-refractivity contribution in [3.8, 4) is 5.75 Å². The molecule has 0 radical (unpaired) electrons. The van der Waals surface area contributed by atoms with Gasteiger partial charge in [-0.3, -0.25) is 34.1 Å². The van der Waals surface area contributed by atoms with E-state index in [0.29, 0.717) is 0 Å². The minimum Gasteiger partial charge on any atom is -0.490 e. The van der Waals surface area contributed by atoms with Crippen LogP contribution in [0.3, 0.4) is 0 Å². The third-order valence-corrected chi connectivity index (χ3v) is 6.86. The summed E-state index contributed by atoms with van der Waals surface area (Å²) >= 11 is 0. The molecule has 1 unspecified atom stereocenters. The number of anilines is 1. The van der Waals surface area contributed by atoms with E-state index in [1.807, 2.05) is 6.92 Å². The Bertz CT molecular complexity index is 1330. The first-order chi connectivity index (χ1) is 16.0. The van der Waals surface area contributed by atoms with Crippen molar-refractivity contribution in [1.29, 1.82) is 0 Å². The Balaban J connectivity index is 1.63. The van der Waals surface area contributed by atoms with Crippen LogP contribution >= 0.6 is 0 Å². The summed E-state index contributed by atoms with van der Waals surface area (Å²) in [5, 5.41) is 2.13. The number of nitrogens with zero attached hydrogens (tertiary/aromatic N) is 1. The molecule has 0 spiro atoms. The molecule has 0 aromatic heterocycles. The quantitative estimate of drug-likeness (QED) is 0.597. The number of imide groups is 2. The molecular weight excluding hydrogens is 462 g/mol. The van der Waals surface area contributed by atoms with Gasteiger partial charge in [-0.25, -0.2) is 8.42 Å². The highest BCUT2D eigenvalue weighted by Gasteiger charge is 2.44. The molecule has 2 aromatic rings. The number of ether oxygens (including phenoxy) is 1. The fraction of sp³-hybridized carbons (Fsp3) is 0.304. The van der Waals surface area contributed by atoms with Crippen LogP contribution in [0.2, 0.25) is 0 Å². The highest BCUT2D eigenvalue weighted by molar-refractivity contribution is 7.92. The third kappa shape index (κ3) is 4.26. The van der Waals surface area contributed by atoms with E-state index in [2.05, 4.69) is 10.0 Å². The molecule has 34 heavy (non-hydrogen) atoms. The summed E-state index contributed by atoms with van der Waals surface area (Å²) in [6, 6.07) is 7.56. The van der Waals surface area contributed by atoms with E-state index >= 15 is 0 Å². The Morgan fingerprint density at radius 1 is 1.03 bits per heavy atom. The number of carbonyl (C=O) groups is 4. The number of carbonyl (C=O) groups excluding carboxylic acids is 4. The smallest absolute Gasteiger partial charge is 0.265 e. The maximum absolute atomic E-state index is 13.1. The maximum Gasteiger partial charge on any atom is 0.265 e. The van der Waals surface area contributed by atoms with Crippen LogP contribution in [-0.4, -0.2) is 49.1 Å². The van der Waals surface area contributed by atoms with Crippen molar-refractivity contribution in [2.24, 2.45) is 0 Å². The van der Waals surface area contributed by atoms with Crippen molar-refractivity contribution in [3.05, 3.63) is 53.1 Å². The predicted octanol–water partition coefficient (Wildman–Crippen LogP) is 1.98. The molecule has 10 nitrogen and oxygen atoms in total. The lowest BCUT2D eigenvalue weighted by molar-refractivity contribution is -0.136. The molecule has 178 valence electrons. The van der Waals surface area contributed by atoms with Crippen LogP contribution in [0.1, 0.15) is 53.0 Å². The van der Waals surface area contributed by atoms with E-state index in [1.54, 1.807) is 26.0 Å². The lowest BCUT2D eigenvalue weighted by atomic mass is 10.0. The summed E-state index contributed by atoms with van der Waals surface area (Å²) < 4.78 is 34.3. The molecule has 2 aliphatic rings. The first-order valence-electron chi connectivity index (χ1n) is 10.6. The topological polar surface area (TPSA) is 139 Å². The maximum atomic E-state index is 13.1. The molecule has 1 fully saturated rings. The molecule has 1 atom stereocenters. The molecule has 0 aliphatic carbocycles. The Morgan fingerprint density at radius 3 is 2.41 bits per heavy atom. The van der Waals surface area contributed by atoms with E-state index in [-0.39, 0.29) is 46.4 Å². The third-order valence-electron chi connectivity index (χ3n) is 5.44. The lowest BCUT2D eigenvalue weighted by Crippen LogP contribution is -2.54. The molecule has 0 bridgehead atoms. The molecule has 4 rings (SSSR count). The summed E-state index contributed by atoms with van der Waals surface area (Å²) in [5.74, 6) is -2.39. The fourth-order valence-corrected chi connectivity index (χ4v) is 5.09. The van der Waals surface area contributed by atoms with Gasteiger partial charge in [0.1, 0.15) is 16.7 Å². The van der Waals surface area contributed by atoms with Gasteiger partial charge in [0.05, 0.1) is 17.2 Å². The monoisotopic (exact) mass is 485 g/mol. The van der Waals surface area contributed by atoms with Gasteiger partial charge in [-0.2, -0.15) is 0 Å². The number of hydrogen-bond acceptors (Lipinski definition) is 7. The van der Waals surface area contributed by atoms with E-state index in [9.17, 15) is 27.6 Å². The SMILES string of the molecule is Cc1ccc(S(=O)(=O)Nc2ccc3c(c2)C(=O)N(C2CCC(=O)NC2=O)C3=O)c(OC(C)C)c1. The van der Waals surface area contributed by atoms with Gasteiger partial charge in [0.25, 0.3) is 21.8 Å². The molecule has 11 heteroatoms. The van der Waals surface area contributed by atoms with Gasteiger partial charge in [-0.1, -0.05) is 6.07 Å². The van der Waals surface area contributed by atoms with Gasteiger partial charge in [-0.15, -0.1) is 0 Å². The highest BCUT2D eigenvalue weighted by Crippen LogP contribution is 2.32. The fourth-order valence-electron chi connectivity index (χ4n) is 3.93. The summed E-state index contributed by atoms with van der Waals surface area (Å²) in [5.41, 5.74) is 0.917. The molecule has 0 saturated carbocycles. The minimum absolute atomic E-state index is 0.00614. The van der Waals surface area contributed by atoms with Gasteiger partial charge in [-0.05, 0) is 63.1 Å². The van der Waals surface area contributed by atoms with Crippen molar-refractivity contribution in [3.63, 3.8) is 0 Å². The zero-order valence-corrected chi connectivity index (χ0v) is 19.6. The van der Waals surface area contributed by atoms with Crippen LogP contribution in [-0.2, 0) is 19.6 Å². The molecule has 2 N–H and O–H groups in total. The molecule has 4 amide bonds. The van der Waals surface area contributed by atoms with Crippen molar-refractivity contribution in [1.82, 2.24) is 10.2 Å². The number of fused-ring (bicyclic) bond motifs is 1. The number of benzene rings is 2. The van der Waals surface area contributed by atoms with Crippen molar-refractivity contribution in [2.45, 2.75) is 50.7 Å². The van der Waals surface area contributed by atoms with Crippen LogP contribution in [0.15, 0.2) is 41.3 Å². The Kier molecular flexibility index (Phi) is 5.90. The van der Waals surface area contributed by atoms with Crippen LogP contribution < -0.4 is 14.8 Å². The van der Waals surface area contributed by atoms with E-state index in [4.69, 9.17) is 4.74 Å². The standard InChI is InChI=1S/C23H23N3O7S/c1-12(2)33-18-10-13(3)4-8-19(18)34(31,32)25-14-5-6-15-16(11-14)23(30)26(22(15)29)17-7-9-20(27)24-21(17)28/h4-6,8,10-12,17,25H,7,9H2,1-3H3,(H,24,27,28). The van der Waals surface area contributed by atoms with Crippen LogP contribution in [0.25, 0.3) is 0 Å². The van der Waals surface area contributed by atoms with Gasteiger partial charge in [0.15, 0.2) is 0 Å². The van der Waals surface area contributed by atoms with Gasteiger partial charge < -0.3 is 4.74 Å². The zero-order chi connectivity index (χ0) is 24.8. The van der Waals surface area contributed by atoms with Gasteiger partial charge in [0.2, 0.25) is 11.8 Å². The van der Waals surface area contributed by atoms with Crippen molar-refractivity contribution in [2.75, 3.05) is 4.72 Å². The first kappa shape index (κ1) is 23.4. The van der Waals surface area contributed by atoms with Crippen LogP contribution in [0.5, 0.6) is 5.75 Å². The molecular formula is C23H23N3O7S. The number of hydrogen-bond donors (Lipinski definition) is 2. The van der Waals surface area contributed by atoms with E-state index in [1.165, 1.54) is 24.3 Å². The molecule has 2 aliphatic heterocycles. The largest absolute Gasteiger partial charge is 0.490 e. The van der Waals surface area contributed by atoms with Gasteiger partial charge in [0, 0.05) is 12.1 Å². The van der Waals surface area contributed by atoms with E-state index in [0.717, 1.165) is 10.5 Å². The first-order valence-corrected chi connectivity index (χ1v) is 12.1. The average Bonchev–Trinajstić information content (AvgIpc) is 2.97. The number of amides is 4. The van der Waals surface area contributed by atoms with E-state index < -0.39 is 39.7 Å². The van der Waals surface area contributed by atoms with Gasteiger partial charge >= 0.3 is 0 Å². The summed E-state index contributed by atoms with van der Waals surface area (Å²) in [6.07, 6.45) is -0.217. The molecule has 2 heterocycles. The second kappa shape index (κ2) is 8.56. The zero-order valence-electron chi connectivity index (χ0n) is 18.7. The van der Waals surface area contributed by atoms with Crippen molar-refractivity contribution < 1.29 is 32.3 Å². The lowest BCUT2D eigenvalue weighted by Gasteiger charge is -2.27. The summed E-state index contributed by atoms with van der Waals surface area (Å²) in [4.78, 5) is 50.2. The second-order valence-corrected chi connectivity index (χ2v) is 10.1. The predicted molar refractivity (Wildman–Crippen MR) is 121 cm³/mol. The molecule has 2 aromatic carbocycles. The Labute approximate surface area is 196 Å². The Hall–Kier alpha value is -3.73. The Morgan fingerprint density at radius 2 is 1.74 bits per heavy atom. The number of piperidine rings is 1. The average molecular weight is 486 g/mol.